The normalized spacial score (nSPS) is 10.3. The predicted molar refractivity (Wildman–Crippen MR) is 37.3 cm³/mol. The maximum Gasteiger partial charge on any atom is 0.118 e. The van der Waals surface area contributed by atoms with E-state index in [1.807, 2.05) is 6.92 Å². The molecular weight excluding hydrogens is 130 g/mol. The van der Waals surface area contributed by atoms with Crippen molar-refractivity contribution in [2.45, 2.75) is 20.1 Å². The second-order valence-electron chi connectivity index (χ2n) is 2.16. The van der Waals surface area contributed by atoms with Crippen LogP contribution in [0.2, 0.25) is 0 Å². The lowest BCUT2D eigenvalue weighted by Crippen LogP contribution is -1.92. The lowest BCUT2D eigenvalue weighted by molar-refractivity contribution is 0.279. The van der Waals surface area contributed by atoms with Gasteiger partial charge in [0.05, 0.1) is 13.2 Å². The Morgan fingerprint density at radius 2 is 2.40 bits per heavy atom. The fourth-order valence-electron chi connectivity index (χ4n) is 0.845. The summed E-state index contributed by atoms with van der Waals surface area (Å²) in [5.41, 5.74) is 6.13. The SMILES string of the molecule is Cc1oc(CN)cc1CO. The van der Waals surface area contributed by atoms with Crippen LogP contribution in [0.3, 0.4) is 0 Å². The minimum atomic E-state index is 0.0231. The summed E-state index contributed by atoms with van der Waals surface area (Å²) in [6.07, 6.45) is 0. The third-order valence-corrected chi connectivity index (χ3v) is 1.44. The molecule has 1 heterocycles. The lowest BCUT2D eigenvalue weighted by atomic mass is 10.2. The number of aryl methyl sites for hydroxylation is 1. The van der Waals surface area contributed by atoms with E-state index in [4.69, 9.17) is 15.3 Å². The van der Waals surface area contributed by atoms with Crippen molar-refractivity contribution in [2.75, 3.05) is 0 Å². The van der Waals surface area contributed by atoms with E-state index in [1.165, 1.54) is 0 Å². The van der Waals surface area contributed by atoms with Crippen LogP contribution in [-0.4, -0.2) is 5.11 Å². The molecule has 3 heteroatoms. The maximum atomic E-state index is 8.73. The number of rotatable bonds is 2. The summed E-state index contributed by atoms with van der Waals surface area (Å²) in [4.78, 5) is 0. The molecule has 0 aromatic carbocycles. The van der Waals surface area contributed by atoms with Gasteiger partial charge in [0.2, 0.25) is 0 Å². The zero-order valence-corrected chi connectivity index (χ0v) is 5.92. The molecule has 3 nitrogen and oxygen atoms in total. The summed E-state index contributed by atoms with van der Waals surface area (Å²) >= 11 is 0. The first-order valence-corrected chi connectivity index (χ1v) is 3.17. The van der Waals surface area contributed by atoms with Gasteiger partial charge in [-0.3, -0.25) is 0 Å². The molecule has 0 unspecified atom stereocenters. The van der Waals surface area contributed by atoms with Crippen LogP contribution in [0, 0.1) is 6.92 Å². The molecule has 0 amide bonds. The highest BCUT2D eigenvalue weighted by molar-refractivity contribution is 5.19. The molecule has 0 atom stereocenters. The molecule has 0 fully saturated rings. The number of aliphatic hydroxyl groups is 1. The Balaban J connectivity index is 2.92. The molecular formula is C7H11NO2. The van der Waals surface area contributed by atoms with Crippen LogP contribution < -0.4 is 5.73 Å². The quantitative estimate of drug-likeness (QED) is 0.632. The van der Waals surface area contributed by atoms with E-state index in [-0.39, 0.29) is 6.61 Å². The van der Waals surface area contributed by atoms with Crippen LogP contribution in [0.1, 0.15) is 17.1 Å². The second-order valence-corrected chi connectivity index (χ2v) is 2.16. The van der Waals surface area contributed by atoms with Crippen LogP contribution in [0.15, 0.2) is 10.5 Å². The Morgan fingerprint density at radius 1 is 1.70 bits per heavy atom. The molecule has 1 aromatic rings. The summed E-state index contributed by atoms with van der Waals surface area (Å²) in [6.45, 7) is 2.22. The van der Waals surface area contributed by atoms with Gasteiger partial charge in [-0.05, 0) is 13.0 Å². The van der Waals surface area contributed by atoms with Gasteiger partial charge in [-0.1, -0.05) is 0 Å². The third-order valence-electron chi connectivity index (χ3n) is 1.44. The van der Waals surface area contributed by atoms with Crippen molar-refractivity contribution in [1.29, 1.82) is 0 Å². The van der Waals surface area contributed by atoms with E-state index in [2.05, 4.69) is 0 Å². The van der Waals surface area contributed by atoms with E-state index >= 15 is 0 Å². The monoisotopic (exact) mass is 141 g/mol. The molecule has 0 spiro atoms. The van der Waals surface area contributed by atoms with Gasteiger partial charge in [0.1, 0.15) is 11.5 Å². The van der Waals surface area contributed by atoms with Crippen molar-refractivity contribution in [3.63, 3.8) is 0 Å². The first kappa shape index (κ1) is 7.31. The topological polar surface area (TPSA) is 59.4 Å². The largest absolute Gasteiger partial charge is 0.465 e. The summed E-state index contributed by atoms with van der Waals surface area (Å²) in [5, 5.41) is 8.73. The molecule has 1 rings (SSSR count). The van der Waals surface area contributed by atoms with E-state index in [9.17, 15) is 0 Å². The molecule has 0 radical (unpaired) electrons. The number of furan rings is 1. The average molecular weight is 141 g/mol. The number of hydrogen-bond donors (Lipinski definition) is 2. The average Bonchev–Trinajstić information content (AvgIpc) is 2.30. The zero-order chi connectivity index (χ0) is 7.56. The molecule has 3 N–H and O–H groups in total. The van der Waals surface area contributed by atoms with Gasteiger partial charge < -0.3 is 15.3 Å². The van der Waals surface area contributed by atoms with Crippen LogP contribution in [0.5, 0.6) is 0 Å². The highest BCUT2D eigenvalue weighted by Crippen LogP contribution is 2.13. The van der Waals surface area contributed by atoms with Crippen molar-refractivity contribution in [2.24, 2.45) is 5.73 Å². The summed E-state index contributed by atoms with van der Waals surface area (Å²) in [6, 6.07) is 1.77. The summed E-state index contributed by atoms with van der Waals surface area (Å²) < 4.78 is 5.17. The van der Waals surface area contributed by atoms with Crippen LogP contribution >= 0.6 is 0 Å². The summed E-state index contributed by atoms with van der Waals surface area (Å²) in [7, 11) is 0. The van der Waals surface area contributed by atoms with Gasteiger partial charge >= 0.3 is 0 Å². The highest BCUT2D eigenvalue weighted by atomic mass is 16.3. The molecule has 1 aromatic heterocycles. The molecule has 0 bridgehead atoms. The van der Waals surface area contributed by atoms with Crippen LogP contribution in [0.4, 0.5) is 0 Å². The molecule has 0 aliphatic carbocycles. The summed E-state index contributed by atoms with van der Waals surface area (Å²) in [5.74, 6) is 1.48. The van der Waals surface area contributed by atoms with E-state index in [0.717, 1.165) is 17.1 Å². The third kappa shape index (κ3) is 1.20. The smallest absolute Gasteiger partial charge is 0.118 e. The first-order chi connectivity index (χ1) is 4.77. The van der Waals surface area contributed by atoms with Crippen molar-refractivity contribution >= 4 is 0 Å². The zero-order valence-electron chi connectivity index (χ0n) is 5.92. The fourth-order valence-corrected chi connectivity index (χ4v) is 0.845. The minimum absolute atomic E-state index is 0.0231. The standard InChI is InChI=1S/C7H11NO2/c1-5-6(4-9)2-7(3-8)10-5/h2,9H,3-4,8H2,1H3. The van der Waals surface area contributed by atoms with Crippen molar-refractivity contribution < 1.29 is 9.52 Å². The van der Waals surface area contributed by atoms with E-state index in [1.54, 1.807) is 6.07 Å². The molecule has 0 aliphatic rings. The van der Waals surface area contributed by atoms with Crippen LogP contribution in [-0.2, 0) is 13.2 Å². The Bertz CT molecular complexity index is 217. The van der Waals surface area contributed by atoms with Crippen molar-refractivity contribution in [3.05, 3.63) is 23.2 Å². The molecule has 56 valence electrons. The van der Waals surface area contributed by atoms with Gasteiger partial charge in [-0.15, -0.1) is 0 Å². The van der Waals surface area contributed by atoms with Crippen LogP contribution in [0.25, 0.3) is 0 Å². The first-order valence-electron chi connectivity index (χ1n) is 3.17. The number of aliphatic hydroxyl groups excluding tert-OH is 1. The van der Waals surface area contributed by atoms with Gasteiger partial charge in [0.25, 0.3) is 0 Å². The predicted octanol–water partition coefficient (Wildman–Crippen LogP) is 0.539. The van der Waals surface area contributed by atoms with Gasteiger partial charge in [-0.2, -0.15) is 0 Å². The Kier molecular flexibility index (Phi) is 2.09. The second kappa shape index (κ2) is 2.86. The van der Waals surface area contributed by atoms with Crippen molar-refractivity contribution in [1.82, 2.24) is 0 Å². The Morgan fingerprint density at radius 3 is 2.70 bits per heavy atom. The molecule has 10 heavy (non-hydrogen) atoms. The van der Waals surface area contributed by atoms with E-state index in [0.29, 0.717) is 6.54 Å². The molecule has 0 saturated heterocycles. The Labute approximate surface area is 59.5 Å². The number of hydrogen-bond acceptors (Lipinski definition) is 3. The minimum Gasteiger partial charge on any atom is -0.465 e. The van der Waals surface area contributed by atoms with Crippen molar-refractivity contribution in [3.8, 4) is 0 Å². The molecule has 0 saturated carbocycles. The van der Waals surface area contributed by atoms with E-state index < -0.39 is 0 Å². The highest BCUT2D eigenvalue weighted by Gasteiger charge is 2.03. The van der Waals surface area contributed by atoms with Gasteiger partial charge in [0, 0.05) is 5.56 Å². The maximum absolute atomic E-state index is 8.73. The Hall–Kier alpha value is -0.800. The number of nitrogens with two attached hydrogens (primary N) is 1. The fraction of sp³-hybridized carbons (Fsp3) is 0.429. The molecule has 0 aliphatic heterocycles. The lowest BCUT2D eigenvalue weighted by Gasteiger charge is -1.86. The van der Waals surface area contributed by atoms with Gasteiger partial charge in [0.15, 0.2) is 0 Å². The van der Waals surface area contributed by atoms with Gasteiger partial charge in [-0.25, -0.2) is 0 Å².